The smallest absolute Gasteiger partial charge is 0.226 e. The van der Waals surface area contributed by atoms with Crippen molar-refractivity contribution in [2.24, 2.45) is 5.92 Å². The number of nitrogens with zero attached hydrogens (tertiary/aromatic N) is 1. The van der Waals surface area contributed by atoms with Gasteiger partial charge in [0.2, 0.25) is 5.91 Å². The van der Waals surface area contributed by atoms with Crippen LogP contribution >= 0.6 is 0 Å². The van der Waals surface area contributed by atoms with Crippen molar-refractivity contribution in [2.45, 2.75) is 30.8 Å². The molecule has 1 aromatic carbocycles. The molecule has 1 aromatic rings. The van der Waals surface area contributed by atoms with Gasteiger partial charge in [0.15, 0.2) is 0 Å². The van der Waals surface area contributed by atoms with Gasteiger partial charge in [0.05, 0.1) is 18.7 Å². The normalized spacial score (nSPS) is 31.8. The molecule has 4 rings (SSSR count). The summed E-state index contributed by atoms with van der Waals surface area (Å²) in [6, 6.07) is 8.43. The lowest BCUT2D eigenvalue weighted by molar-refractivity contribution is -0.151. The first kappa shape index (κ1) is 11.3. The zero-order valence-corrected chi connectivity index (χ0v) is 10.7. The van der Waals surface area contributed by atoms with Crippen LogP contribution in [0.3, 0.4) is 0 Å². The summed E-state index contributed by atoms with van der Waals surface area (Å²) in [5.41, 5.74) is 2.40. The number of amides is 1. The Kier molecular flexibility index (Phi) is 2.36. The molecule has 0 aromatic heterocycles. The number of carbonyl (C=O) groups excluding carboxylic acids is 1. The Balaban J connectivity index is 1.66. The maximum Gasteiger partial charge on any atom is 0.226 e. The molecule has 19 heavy (non-hydrogen) atoms. The molecule has 1 saturated carbocycles. The van der Waals surface area contributed by atoms with Gasteiger partial charge in [-0.1, -0.05) is 18.2 Å². The minimum absolute atomic E-state index is 0.0265. The average Bonchev–Trinajstić information content (AvgIpc) is 3.23. The fourth-order valence-corrected chi connectivity index (χ4v) is 3.62. The molecular formula is C15H18N2O2. The lowest BCUT2D eigenvalue weighted by atomic mass is 9.72. The van der Waals surface area contributed by atoms with Crippen LogP contribution < -0.4 is 5.32 Å². The molecule has 2 aliphatic heterocycles. The third-order valence-electron chi connectivity index (χ3n) is 4.73. The number of benzene rings is 1. The fraction of sp³-hybridized carbons (Fsp3) is 0.533. The van der Waals surface area contributed by atoms with Gasteiger partial charge >= 0.3 is 0 Å². The number of fused-ring (bicyclic) bond motifs is 3. The Morgan fingerprint density at radius 1 is 1.37 bits per heavy atom. The van der Waals surface area contributed by atoms with Gasteiger partial charge in [-0.3, -0.25) is 4.79 Å². The van der Waals surface area contributed by atoms with E-state index in [0.717, 1.165) is 25.1 Å². The van der Waals surface area contributed by atoms with E-state index in [2.05, 4.69) is 17.4 Å². The van der Waals surface area contributed by atoms with Gasteiger partial charge in [0, 0.05) is 24.1 Å². The number of anilines is 1. The zero-order chi connectivity index (χ0) is 13.0. The number of carbonyl (C=O) groups is 1. The van der Waals surface area contributed by atoms with Crippen molar-refractivity contribution in [2.75, 3.05) is 18.5 Å². The van der Waals surface area contributed by atoms with Crippen molar-refractivity contribution in [1.29, 1.82) is 0 Å². The summed E-state index contributed by atoms with van der Waals surface area (Å²) in [5.74, 6) is 0.777. The highest BCUT2D eigenvalue weighted by atomic mass is 16.3. The molecule has 4 nitrogen and oxygen atoms in total. The van der Waals surface area contributed by atoms with Crippen LogP contribution in [0.2, 0.25) is 0 Å². The van der Waals surface area contributed by atoms with Crippen LogP contribution in [-0.4, -0.2) is 41.1 Å². The number of para-hydroxylation sites is 1. The second kappa shape index (κ2) is 3.97. The molecular weight excluding hydrogens is 240 g/mol. The minimum Gasteiger partial charge on any atom is -0.394 e. The van der Waals surface area contributed by atoms with Crippen molar-refractivity contribution in [3.05, 3.63) is 29.8 Å². The molecule has 100 valence electrons. The zero-order valence-electron chi connectivity index (χ0n) is 10.7. The topological polar surface area (TPSA) is 52.6 Å². The van der Waals surface area contributed by atoms with Crippen LogP contribution in [0, 0.1) is 5.92 Å². The van der Waals surface area contributed by atoms with Gasteiger partial charge in [-0.15, -0.1) is 0 Å². The van der Waals surface area contributed by atoms with E-state index in [1.807, 2.05) is 17.0 Å². The number of hydrogen-bond donors (Lipinski definition) is 2. The minimum atomic E-state index is -0.0265. The summed E-state index contributed by atoms with van der Waals surface area (Å²) < 4.78 is 0. The summed E-state index contributed by atoms with van der Waals surface area (Å²) in [6.45, 7) is 0.866. The first-order valence-corrected chi connectivity index (χ1v) is 7.07. The highest BCUT2D eigenvalue weighted by Gasteiger charge is 2.55. The van der Waals surface area contributed by atoms with E-state index < -0.39 is 0 Å². The summed E-state index contributed by atoms with van der Waals surface area (Å²) in [6.07, 6.45) is 2.05. The van der Waals surface area contributed by atoms with E-state index in [0.29, 0.717) is 5.92 Å². The predicted molar refractivity (Wildman–Crippen MR) is 71.9 cm³/mol. The number of hydrogen-bond acceptors (Lipinski definition) is 3. The second-order valence-electron chi connectivity index (χ2n) is 5.83. The molecule has 1 saturated heterocycles. The lowest BCUT2D eigenvalue weighted by Crippen LogP contribution is -2.69. The Hall–Kier alpha value is -1.55. The summed E-state index contributed by atoms with van der Waals surface area (Å²) in [7, 11) is 0. The molecule has 2 N–H and O–H groups in total. The third-order valence-corrected chi connectivity index (χ3v) is 4.73. The number of aliphatic hydroxyl groups excluding tert-OH is 1. The van der Waals surface area contributed by atoms with Gasteiger partial charge < -0.3 is 15.3 Å². The SMILES string of the molecule is O=C(C1CC1)N1[C@@H]2CNc3ccccc3[C@@H]2[C@@H]1CO. The molecule has 3 atom stereocenters. The average molecular weight is 258 g/mol. The van der Waals surface area contributed by atoms with Gasteiger partial charge in [-0.25, -0.2) is 0 Å². The molecule has 0 spiro atoms. The van der Waals surface area contributed by atoms with Crippen molar-refractivity contribution in [3.63, 3.8) is 0 Å². The van der Waals surface area contributed by atoms with Crippen LogP contribution in [0.5, 0.6) is 0 Å². The van der Waals surface area contributed by atoms with Gasteiger partial charge in [-0.2, -0.15) is 0 Å². The highest BCUT2D eigenvalue weighted by molar-refractivity contribution is 5.83. The summed E-state index contributed by atoms with van der Waals surface area (Å²) in [5, 5.41) is 13.1. The number of likely N-dealkylation sites (tertiary alicyclic amines) is 1. The number of aliphatic hydroxyl groups is 1. The lowest BCUT2D eigenvalue weighted by Gasteiger charge is -2.57. The van der Waals surface area contributed by atoms with E-state index in [-0.39, 0.29) is 30.5 Å². The molecule has 0 bridgehead atoms. The molecule has 1 amide bonds. The van der Waals surface area contributed by atoms with Crippen molar-refractivity contribution < 1.29 is 9.90 Å². The van der Waals surface area contributed by atoms with Crippen molar-refractivity contribution in [1.82, 2.24) is 4.90 Å². The molecule has 1 aliphatic carbocycles. The Labute approximate surface area is 112 Å². The standard InChI is InChI=1S/C15H18N2O2/c18-8-13-14-10-3-1-2-4-11(10)16-7-12(14)17(13)15(19)9-5-6-9/h1-4,9,12-14,16,18H,5-8H2/t12-,13+,14+/m1/s1. The van der Waals surface area contributed by atoms with Crippen molar-refractivity contribution in [3.8, 4) is 0 Å². The van der Waals surface area contributed by atoms with Crippen LogP contribution in [0.1, 0.15) is 24.3 Å². The Morgan fingerprint density at radius 2 is 2.16 bits per heavy atom. The monoisotopic (exact) mass is 258 g/mol. The summed E-state index contributed by atoms with van der Waals surface area (Å²) >= 11 is 0. The molecule has 0 radical (unpaired) electrons. The second-order valence-corrected chi connectivity index (χ2v) is 5.83. The number of rotatable bonds is 2. The van der Waals surface area contributed by atoms with Crippen LogP contribution in [0.4, 0.5) is 5.69 Å². The third kappa shape index (κ3) is 1.53. The van der Waals surface area contributed by atoms with E-state index in [4.69, 9.17) is 0 Å². The quantitative estimate of drug-likeness (QED) is 0.837. The molecule has 0 unspecified atom stereocenters. The molecule has 3 aliphatic rings. The fourth-order valence-electron chi connectivity index (χ4n) is 3.62. The van der Waals surface area contributed by atoms with Crippen LogP contribution in [0.25, 0.3) is 0 Å². The van der Waals surface area contributed by atoms with E-state index >= 15 is 0 Å². The first-order chi connectivity index (χ1) is 9.31. The van der Waals surface area contributed by atoms with Gasteiger partial charge in [-0.05, 0) is 24.5 Å². The van der Waals surface area contributed by atoms with Crippen LogP contribution in [-0.2, 0) is 4.79 Å². The highest BCUT2D eigenvalue weighted by Crippen LogP contribution is 2.48. The van der Waals surface area contributed by atoms with E-state index in [1.54, 1.807) is 0 Å². The maximum absolute atomic E-state index is 12.3. The Bertz CT molecular complexity index is 527. The van der Waals surface area contributed by atoms with Crippen LogP contribution in [0.15, 0.2) is 24.3 Å². The molecule has 4 heteroatoms. The number of nitrogens with one attached hydrogen (secondary N) is 1. The first-order valence-electron chi connectivity index (χ1n) is 7.07. The molecule has 2 heterocycles. The Morgan fingerprint density at radius 3 is 2.89 bits per heavy atom. The van der Waals surface area contributed by atoms with Gasteiger partial charge in [0.25, 0.3) is 0 Å². The van der Waals surface area contributed by atoms with E-state index in [1.165, 1.54) is 5.56 Å². The van der Waals surface area contributed by atoms with E-state index in [9.17, 15) is 9.90 Å². The summed E-state index contributed by atoms with van der Waals surface area (Å²) in [4.78, 5) is 14.2. The van der Waals surface area contributed by atoms with Crippen molar-refractivity contribution >= 4 is 11.6 Å². The largest absolute Gasteiger partial charge is 0.394 e. The molecule has 2 fully saturated rings. The van der Waals surface area contributed by atoms with Gasteiger partial charge in [0.1, 0.15) is 0 Å². The maximum atomic E-state index is 12.3. The predicted octanol–water partition coefficient (Wildman–Crippen LogP) is 1.18.